The molecule has 0 saturated carbocycles. The van der Waals surface area contributed by atoms with Crippen molar-refractivity contribution in [2.24, 2.45) is 0 Å². The summed E-state index contributed by atoms with van der Waals surface area (Å²) in [6.07, 6.45) is 0.0679. The number of nitrogens with zero attached hydrogens (tertiary/aromatic N) is 2. The van der Waals surface area contributed by atoms with Gasteiger partial charge in [-0.15, -0.1) is 0 Å². The van der Waals surface area contributed by atoms with Crippen molar-refractivity contribution in [2.75, 3.05) is 6.61 Å². The molecule has 6 heteroatoms. The van der Waals surface area contributed by atoms with E-state index < -0.39 is 5.97 Å². The van der Waals surface area contributed by atoms with Crippen LogP contribution in [0.3, 0.4) is 0 Å². The predicted octanol–water partition coefficient (Wildman–Crippen LogP) is 0.366. The molecular weight excluding hydrogens is 212 g/mol. The number of aromatic carboxylic acids is 1. The van der Waals surface area contributed by atoms with E-state index in [0.29, 0.717) is 6.61 Å². The number of carboxylic acids is 1. The molecule has 1 rings (SSSR count). The highest BCUT2D eigenvalue weighted by atomic mass is 16.5. The molecule has 0 fully saturated rings. The van der Waals surface area contributed by atoms with Gasteiger partial charge < -0.3 is 9.84 Å². The van der Waals surface area contributed by atoms with Crippen LogP contribution >= 0.6 is 0 Å². The smallest absolute Gasteiger partial charge is 0.356 e. The molecule has 0 bridgehead atoms. The van der Waals surface area contributed by atoms with Crippen molar-refractivity contribution in [1.29, 1.82) is 0 Å². The number of aromatic nitrogens is 2. The number of hydrogen-bond acceptors (Lipinski definition) is 4. The van der Waals surface area contributed by atoms with Gasteiger partial charge in [-0.05, 0) is 19.9 Å². The van der Waals surface area contributed by atoms with Gasteiger partial charge >= 0.3 is 5.97 Å². The van der Waals surface area contributed by atoms with Gasteiger partial charge in [-0.3, -0.25) is 4.79 Å². The van der Waals surface area contributed by atoms with Crippen molar-refractivity contribution in [3.8, 4) is 0 Å². The van der Waals surface area contributed by atoms with E-state index in [1.165, 1.54) is 12.1 Å². The van der Waals surface area contributed by atoms with Crippen LogP contribution in [-0.2, 0) is 11.3 Å². The maximum Gasteiger partial charge on any atom is 0.356 e. The maximum atomic E-state index is 11.3. The van der Waals surface area contributed by atoms with Crippen LogP contribution < -0.4 is 5.56 Å². The topological polar surface area (TPSA) is 81.4 Å². The van der Waals surface area contributed by atoms with E-state index in [0.717, 1.165) is 4.68 Å². The van der Waals surface area contributed by atoms with Crippen molar-refractivity contribution < 1.29 is 14.6 Å². The second-order valence-electron chi connectivity index (χ2n) is 3.50. The Morgan fingerprint density at radius 3 is 2.81 bits per heavy atom. The zero-order valence-electron chi connectivity index (χ0n) is 9.21. The predicted molar refractivity (Wildman–Crippen MR) is 56.5 cm³/mol. The van der Waals surface area contributed by atoms with Crippen molar-refractivity contribution in [1.82, 2.24) is 9.78 Å². The second kappa shape index (κ2) is 5.41. The Kier molecular flexibility index (Phi) is 4.19. The molecule has 1 N–H and O–H groups in total. The van der Waals surface area contributed by atoms with Gasteiger partial charge in [0.1, 0.15) is 0 Å². The maximum absolute atomic E-state index is 11.3. The lowest BCUT2D eigenvalue weighted by Gasteiger charge is -2.08. The quantitative estimate of drug-likeness (QED) is 0.784. The third kappa shape index (κ3) is 3.47. The fraction of sp³-hybridized carbons (Fsp3) is 0.500. The highest BCUT2D eigenvalue weighted by molar-refractivity contribution is 5.84. The van der Waals surface area contributed by atoms with Crippen molar-refractivity contribution >= 4 is 5.97 Å². The van der Waals surface area contributed by atoms with E-state index in [4.69, 9.17) is 9.84 Å². The van der Waals surface area contributed by atoms with Gasteiger partial charge in [-0.25, -0.2) is 9.48 Å². The Morgan fingerprint density at radius 2 is 2.25 bits per heavy atom. The van der Waals surface area contributed by atoms with Gasteiger partial charge in [-0.2, -0.15) is 5.10 Å². The van der Waals surface area contributed by atoms with Crippen LogP contribution in [0, 0.1) is 0 Å². The first kappa shape index (κ1) is 12.4. The van der Waals surface area contributed by atoms with Gasteiger partial charge in [0.05, 0.1) is 19.3 Å². The second-order valence-corrected chi connectivity index (χ2v) is 3.50. The van der Waals surface area contributed by atoms with Crippen LogP contribution in [0.4, 0.5) is 0 Å². The highest BCUT2D eigenvalue weighted by Crippen LogP contribution is 1.92. The molecule has 1 aromatic rings. The molecule has 0 amide bonds. The van der Waals surface area contributed by atoms with E-state index in [1.807, 2.05) is 13.8 Å². The van der Waals surface area contributed by atoms with E-state index in [2.05, 4.69) is 5.10 Å². The fourth-order valence-electron chi connectivity index (χ4n) is 1.10. The van der Waals surface area contributed by atoms with Crippen LogP contribution in [0.5, 0.6) is 0 Å². The Labute approximate surface area is 92.5 Å². The minimum atomic E-state index is -1.15. The largest absolute Gasteiger partial charge is 0.476 e. The van der Waals surface area contributed by atoms with Crippen LogP contribution in [0.2, 0.25) is 0 Å². The van der Waals surface area contributed by atoms with E-state index in [1.54, 1.807) is 0 Å². The zero-order valence-corrected chi connectivity index (χ0v) is 9.21. The molecule has 0 aliphatic heterocycles. The van der Waals surface area contributed by atoms with E-state index >= 15 is 0 Å². The number of ether oxygens (including phenoxy) is 1. The number of hydrogen-bond donors (Lipinski definition) is 1. The third-order valence-electron chi connectivity index (χ3n) is 1.84. The molecule has 6 nitrogen and oxygen atoms in total. The van der Waals surface area contributed by atoms with Crippen molar-refractivity contribution in [2.45, 2.75) is 26.5 Å². The molecule has 0 aliphatic carbocycles. The summed E-state index contributed by atoms with van der Waals surface area (Å²) < 4.78 is 6.34. The first-order valence-electron chi connectivity index (χ1n) is 4.94. The minimum Gasteiger partial charge on any atom is -0.476 e. The SMILES string of the molecule is CC(C)OCCn1nc(C(=O)O)ccc1=O. The summed E-state index contributed by atoms with van der Waals surface area (Å²) in [5, 5.41) is 12.4. The molecule has 1 aromatic heterocycles. The summed E-state index contributed by atoms with van der Waals surface area (Å²) in [5.74, 6) is -1.15. The number of carboxylic acid groups (broad SMARTS) is 1. The molecule has 16 heavy (non-hydrogen) atoms. The first-order chi connectivity index (χ1) is 7.50. The minimum absolute atomic E-state index is 0.0679. The van der Waals surface area contributed by atoms with Crippen LogP contribution in [0.1, 0.15) is 24.3 Å². The molecule has 0 atom stereocenters. The summed E-state index contributed by atoms with van der Waals surface area (Å²) >= 11 is 0. The van der Waals surface area contributed by atoms with Gasteiger partial charge in [0.25, 0.3) is 5.56 Å². The lowest BCUT2D eigenvalue weighted by Crippen LogP contribution is -2.26. The molecule has 0 unspecified atom stereocenters. The monoisotopic (exact) mass is 226 g/mol. The summed E-state index contributed by atoms with van der Waals surface area (Å²) in [4.78, 5) is 22.0. The average molecular weight is 226 g/mol. The Balaban J connectivity index is 2.75. The Hall–Kier alpha value is -1.69. The fourth-order valence-corrected chi connectivity index (χ4v) is 1.10. The van der Waals surface area contributed by atoms with E-state index in [-0.39, 0.29) is 23.9 Å². The molecule has 1 heterocycles. The van der Waals surface area contributed by atoms with Crippen molar-refractivity contribution in [3.63, 3.8) is 0 Å². The molecule has 0 aliphatic rings. The van der Waals surface area contributed by atoms with Gasteiger partial charge in [0.15, 0.2) is 5.69 Å². The van der Waals surface area contributed by atoms with Gasteiger partial charge in [-0.1, -0.05) is 0 Å². The standard InChI is InChI=1S/C10H14N2O4/c1-7(2)16-6-5-12-9(13)4-3-8(11-12)10(14)15/h3-4,7H,5-6H2,1-2H3,(H,14,15). The molecule has 0 spiro atoms. The summed E-state index contributed by atoms with van der Waals surface area (Å²) in [5.41, 5.74) is -0.485. The average Bonchev–Trinajstić information content (AvgIpc) is 2.20. The number of rotatable bonds is 5. The van der Waals surface area contributed by atoms with Crippen LogP contribution in [0.15, 0.2) is 16.9 Å². The molecule has 0 saturated heterocycles. The zero-order chi connectivity index (χ0) is 12.1. The van der Waals surface area contributed by atoms with Gasteiger partial charge in [0, 0.05) is 6.07 Å². The molecular formula is C10H14N2O4. The van der Waals surface area contributed by atoms with Gasteiger partial charge in [0.2, 0.25) is 0 Å². The normalized spacial score (nSPS) is 10.7. The summed E-state index contributed by atoms with van der Waals surface area (Å²) in [7, 11) is 0. The highest BCUT2D eigenvalue weighted by Gasteiger charge is 2.07. The third-order valence-corrected chi connectivity index (χ3v) is 1.84. The lowest BCUT2D eigenvalue weighted by molar-refractivity contribution is 0.0659. The summed E-state index contributed by atoms with van der Waals surface area (Å²) in [6.45, 7) is 4.33. The molecule has 0 aromatic carbocycles. The van der Waals surface area contributed by atoms with Crippen LogP contribution in [0.25, 0.3) is 0 Å². The van der Waals surface area contributed by atoms with Crippen molar-refractivity contribution in [3.05, 3.63) is 28.2 Å². The summed E-state index contributed by atoms with van der Waals surface area (Å²) in [6, 6.07) is 2.37. The number of carbonyl (C=O) groups is 1. The van der Waals surface area contributed by atoms with E-state index in [9.17, 15) is 9.59 Å². The van der Waals surface area contributed by atoms with Crippen LogP contribution in [-0.4, -0.2) is 33.6 Å². The molecule has 0 radical (unpaired) electrons. The Bertz CT molecular complexity index is 425. The molecule has 88 valence electrons. The Morgan fingerprint density at radius 1 is 1.56 bits per heavy atom. The first-order valence-corrected chi connectivity index (χ1v) is 4.94. The lowest BCUT2D eigenvalue weighted by atomic mass is 10.4.